The summed E-state index contributed by atoms with van der Waals surface area (Å²) in [6.07, 6.45) is 3.62. The van der Waals surface area contributed by atoms with Crippen molar-refractivity contribution < 1.29 is 12.8 Å². The Kier molecular flexibility index (Phi) is 5.16. The molecular weight excluding hydrogens is 418 g/mol. The molecule has 4 aromatic rings. The number of thiophene rings is 1. The van der Waals surface area contributed by atoms with Crippen LogP contribution >= 0.6 is 11.3 Å². The molecule has 3 aromatic heterocycles. The van der Waals surface area contributed by atoms with E-state index in [4.69, 9.17) is 4.42 Å². The number of rotatable bonds is 5. The highest BCUT2D eigenvalue weighted by molar-refractivity contribution is 7.91. The number of hydrogen-bond donors (Lipinski definition) is 0. The summed E-state index contributed by atoms with van der Waals surface area (Å²) in [7, 11) is -3.37. The van der Waals surface area contributed by atoms with Gasteiger partial charge in [0.05, 0.1) is 6.54 Å². The van der Waals surface area contributed by atoms with Gasteiger partial charge in [-0.2, -0.15) is 4.31 Å². The number of sulfonamides is 1. The average molecular weight is 440 g/mol. The van der Waals surface area contributed by atoms with E-state index in [1.807, 2.05) is 30.5 Å². The van der Waals surface area contributed by atoms with Gasteiger partial charge in [-0.1, -0.05) is 18.2 Å². The summed E-state index contributed by atoms with van der Waals surface area (Å²) >= 11 is 1.27. The number of pyridine rings is 1. The normalized spacial score (nSPS) is 16.3. The Morgan fingerprint density at radius 3 is 2.60 bits per heavy atom. The molecule has 1 fully saturated rings. The lowest BCUT2D eigenvalue weighted by Crippen LogP contribution is -2.47. The minimum absolute atomic E-state index is 0.414. The number of fused-ring (bicyclic) bond motifs is 1. The van der Waals surface area contributed by atoms with Gasteiger partial charge in [0.25, 0.3) is 10.0 Å². The lowest BCUT2D eigenvalue weighted by Gasteiger charge is -2.33. The first kappa shape index (κ1) is 19.4. The van der Waals surface area contributed by atoms with Gasteiger partial charge in [0.2, 0.25) is 0 Å². The van der Waals surface area contributed by atoms with Crippen molar-refractivity contribution in [1.29, 1.82) is 0 Å². The molecule has 1 aromatic carbocycles. The Bertz CT molecular complexity index is 1240. The van der Waals surface area contributed by atoms with E-state index in [-0.39, 0.29) is 0 Å². The van der Waals surface area contributed by atoms with Gasteiger partial charge in [-0.05, 0) is 41.3 Å². The second-order valence-corrected chi connectivity index (χ2v) is 10.4. The smallest absolute Gasteiger partial charge is 0.252 e. The van der Waals surface area contributed by atoms with Crippen molar-refractivity contribution in [3.8, 4) is 11.1 Å². The van der Waals surface area contributed by atoms with E-state index in [0.29, 0.717) is 36.9 Å². The number of nitrogens with zero attached hydrogens (tertiary/aromatic N) is 3. The lowest BCUT2D eigenvalue weighted by atomic mass is 10.1. The molecule has 0 atom stereocenters. The molecular formula is C22H21N3O3S2. The summed E-state index contributed by atoms with van der Waals surface area (Å²) in [4.78, 5) is 6.42. The molecule has 30 heavy (non-hydrogen) atoms. The van der Waals surface area contributed by atoms with E-state index in [1.165, 1.54) is 11.3 Å². The van der Waals surface area contributed by atoms with E-state index in [1.54, 1.807) is 28.0 Å². The van der Waals surface area contributed by atoms with E-state index < -0.39 is 10.0 Å². The fourth-order valence-corrected chi connectivity index (χ4v) is 6.34. The van der Waals surface area contributed by atoms with Crippen LogP contribution < -0.4 is 0 Å². The van der Waals surface area contributed by atoms with Crippen LogP contribution in [0.25, 0.3) is 22.1 Å². The zero-order valence-electron chi connectivity index (χ0n) is 16.3. The molecule has 0 N–H and O–H groups in total. The largest absolute Gasteiger partial charge is 0.460 e. The fourth-order valence-electron chi connectivity index (χ4n) is 3.78. The molecule has 4 heterocycles. The molecule has 6 nitrogen and oxygen atoms in total. The van der Waals surface area contributed by atoms with Gasteiger partial charge in [0.15, 0.2) is 0 Å². The highest BCUT2D eigenvalue weighted by Crippen LogP contribution is 2.27. The zero-order chi connectivity index (χ0) is 20.6. The van der Waals surface area contributed by atoms with Crippen molar-refractivity contribution >= 4 is 32.3 Å². The van der Waals surface area contributed by atoms with E-state index in [2.05, 4.69) is 22.0 Å². The molecule has 0 unspecified atom stereocenters. The molecule has 1 saturated heterocycles. The van der Waals surface area contributed by atoms with E-state index >= 15 is 0 Å². The standard InChI is InChI=1S/C22H21N3O3S2/c26-30(27,22-4-2-12-29-22)25-10-8-24(9-11-25)16-20-14-19-13-17(5-6-21(19)28-20)18-3-1-7-23-15-18/h1-7,12-15H,8-11,16H2. The highest BCUT2D eigenvalue weighted by Gasteiger charge is 2.29. The number of hydrogen-bond acceptors (Lipinski definition) is 6. The number of piperazine rings is 1. The molecule has 154 valence electrons. The summed E-state index contributed by atoms with van der Waals surface area (Å²) in [5, 5.41) is 2.86. The molecule has 5 rings (SSSR count). The number of furan rings is 1. The van der Waals surface area contributed by atoms with Crippen LogP contribution in [-0.2, 0) is 16.6 Å². The molecule has 1 aliphatic rings. The number of aromatic nitrogens is 1. The summed E-state index contributed by atoms with van der Waals surface area (Å²) < 4.78 is 33.4. The quantitative estimate of drug-likeness (QED) is 0.469. The third kappa shape index (κ3) is 3.79. The molecule has 1 aliphatic heterocycles. The van der Waals surface area contributed by atoms with Crippen LogP contribution in [0.3, 0.4) is 0 Å². The van der Waals surface area contributed by atoms with Crippen LogP contribution in [0.1, 0.15) is 5.76 Å². The van der Waals surface area contributed by atoms with Crippen LogP contribution in [-0.4, -0.2) is 48.8 Å². The molecule has 0 saturated carbocycles. The lowest BCUT2D eigenvalue weighted by molar-refractivity contribution is 0.172. The Morgan fingerprint density at radius 1 is 1.00 bits per heavy atom. The minimum atomic E-state index is -3.37. The topological polar surface area (TPSA) is 66.7 Å². The third-order valence-corrected chi connectivity index (χ3v) is 8.63. The molecule has 0 aliphatic carbocycles. The fraction of sp³-hybridized carbons (Fsp3) is 0.227. The predicted molar refractivity (Wildman–Crippen MR) is 118 cm³/mol. The van der Waals surface area contributed by atoms with Crippen molar-refractivity contribution in [2.24, 2.45) is 0 Å². The number of benzene rings is 1. The Balaban J connectivity index is 1.27. The average Bonchev–Trinajstić information content (AvgIpc) is 3.44. The third-order valence-electron chi connectivity index (χ3n) is 5.36. The van der Waals surface area contributed by atoms with Crippen LogP contribution in [0.4, 0.5) is 0 Å². The Labute approximate surface area is 179 Å². The van der Waals surface area contributed by atoms with Gasteiger partial charge in [-0.15, -0.1) is 11.3 Å². The summed E-state index contributed by atoms with van der Waals surface area (Å²) in [5.74, 6) is 0.892. The van der Waals surface area contributed by atoms with E-state index in [9.17, 15) is 8.42 Å². The van der Waals surface area contributed by atoms with Gasteiger partial charge in [-0.25, -0.2) is 8.42 Å². The van der Waals surface area contributed by atoms with Gasteiger partial charge in [-0.3, -0.25) is 9.88 Å². The molecule has 0 amide bonds. The summed E-state index contributed by atoms with van der Waals surface area (Å²) in [5.41, 5.74) is 3.04. The van der Waals surface area contributed by atoms with Crippen molar-refractivity contribution in [3.63, 3.8) is 0 Å². The minimum Gasteiger partial charge on any atom is -0.460 e. The SMILES string of the molecule is O=S(=O)(c1cccs1)N1CCN(Cc2cc3cc(-c4cccnc4)ccc3o2)CC1. The maximum absolute atomic E-state index is 12.7. The van der Waals surface area contributed by atoms with Crippen LogP contribution in [0, 0.1) is 0 Å². The second-order valence-electron chi connectivity index (χ2n) is 7.32. The van der Waals surface area contributed by atoms with Crippen molar-refractivity contribution in [3.05, 3.63) is 72.1 Å². The monoisotopic (exact) mass is 439 g/mol. The molecule has 0 spiro atoms. The van der Waals surface area contributed by atoms with Crippen LogP contribution in [0.5, 0.6) is 0 Å². The first-order chi connectivity index (χ1) is 14.6. The van der Waals surface area contributed by atoms with Crippen molar-refractivity contribution in [2.45, 2.75) is 10.8 Å². The van der Waals surface area contributed by atoms with Gasteiger partial charge in [0.1, 0.15) is 15.6 Å². The first-order valence-corrected chi connectivity index (χ1v) is 12.1. The van der Waals surface area contributed by atoms with Crippen LogP contribution in [0.15, 0.2) is 74.9 Å². The van der Waals surface area contributed by atoms with E-state index in [0.717, 1.165) is 27.9 Å². The van der Waals surface area contributed by atoms with Crippen molar-refractivity contribution in [2.75, 3.05) is 26.2 Å². The molecule has 0 bridgehead atoms. The van der Waals surface area contributed by atoms with Crippen LogP contribution in [0.2, 0.25) is 0 Å². The molecule has 8 heteroatoms. The predicted octanol–water partition coefficient (Wildman–Crippen LogP) is 4.06. The Hall–Kier alpha value is -2.52. The van der Waals surface area contributed by atoms with Gasteiger partial charge in [0, 0.05) is 49.5 Å². The zero-order valence-corrected chi connectivity index (χ0v) is 17.9. The van der Waals surface area contributed by atoms with Crippen molar-refractivity contribution in [1.82, 2.24) is 14.2 Å². The van der Waals surface area contributed by atoms with Gasteiger partial charge < -0.3 is 4.42 Å². The Morgan fingerprint density at radius 2 is 1.87 bits per heavy atom. The second kappa shape index (κ2) is 7.96. The highest BCUT2D eigenvalue weighted by atomic mass is 32.2. The summed E-state index contributed by atoms with van der Waals surface area (Å²) in [6, 6.07) is 15.6. The maximum atomic E-state index is 12.7. The maximum Gasteiger partial charge on any atom is 0.252 e. The first-order valence-electron chi connectivity index (χ1n) is 9.78. The molecule has 0 radical (unpaired) electrons. The van der Waals surface area contributed by atoms with Gasteiger partial charge >= 0.3 is 0 Å². The summed E-state index contributed by atoms with van der Waals surface area (Å²) in [6.45, 7) is 3.02.